The molecule has 2 heteroatoms. The second-order valence-electron chi connectivity index (χ2n) is 3.55. The van der Waals surface area contributed by atoms with Gasteiger partial charge in [0.15, 0.2) is 0 Å². The summed E-state index contributed by atoms with van der Waals surface area (Å²) < 4.78 is 0. The zero-order chi connectivity index (χ0) is 6.97. The smallest absolute Gasteiger partial charge is 0.0247 e. The van der Waals surface area contributed by atoms with E-state index in [0.29, 0.717) is 6.04 Å². The van der Waals surface area contributed by atoms with Gasteiger partial charge in [-0.05, 0) is 25.8 Å². The number of hydrogen-bond donors (Lipinski definition) is 1. The molecule has 0 aliphatic carbocycles. The lowest BCUT2D eigenvalue weighted by molar-refractivity contribution is 0.189. The van der Waals surface area contributed by atoms with Crippen LogP contribution in [0.4, 0.5) is 0 Å². The van der Waals surface area contributed by atoms with Crippen LogP contribution in [0, 0.1) is 0 Å². The van der Waals surface area contributed by atoms with Gasteiger partial charge in [0.25, 0.3) is 0 Å². The van der Waals surface area contributed by atoms with Crippen LogP contribution >= 0.6 is 0 Å². The van der Waals surface area contributed by atoms with Crippen LogP contribution < -0.4 is 5.73 Å². The quantitative estimate of drug-likeness (QED) is 0.533. The Morgan fingerprint density at radius 1 is 1.10 bits per heavy atom. The standard InChI is InChI=1S/C8H16N2/c9-7-4-6-10-5-2-1-3-8(7)10/h7-8H,1-6,9H2. The van der Waals surface area contributed by atoms with E-state index >= 15 is 0 Å². The molecule has 2 saturated heterocycles. The maximum Gasteiger partial charge on any atom is 0.0247 e. The van der Waals surface area contributed by atoms with Crippen molar-refractivity contribution >= 4 is 0 Å². The van der Waals surface area contributed by atoms with Gasteiger partial charge in [0, 0.05) is 18.6 Å². The summed E-state index contributed by atoms with van der Waals surface area (Å²) in [7, 11) is 0. The second-order valence-corrected chi connectivity index (χ2v) is 3.55. The highest BCUT2D eigenvalue weighted by atomic mass is 15.2. The first-order valence-electron chi connectivity index (χ1n) is 4.37. The molecule has 2 aliphatic rings. The van der Waals surface area contributed by atoms with Gasteiger partial charge in [-0.25, -0.2) is 0 Å². The Hall–Kier alpha value is -0.0800. The largest absolute Gasteiger partial charge is 0.326 e. The van der Waals surface area contributed by atoms with Gasteiger partial charge in [-0.3, -0.25) is 4.90 Å². The van der Waals surface area contributed by atoms with Crippen LogP contribution in [0.15, 0.2) is 0 Å². The van der Waals surface area contributed by atoms with Gasteiger partial charge in [0.05, 0.1) is 0 Å². The van der Waals surface area contributed by atoms with Gasteiger partial charge < -0.3 is 5.73 Å². The van der Waals surface area contributed by atoms with Crippen molar-refractivity contribution in [2.75, 3.05) is 13.1 Å². The lowest BCUT2D eigenvalue weighted by atomic mass is 10.00. The van der Waals surface area contributed by atoms with Gasteiger partial charge in [0.1, 0.15) is 0 Å². The summed E-state index contributed by atoms with van der Waals surface area (Å²) in [6, 6.07) is 1.23. The predicted molar refractivity (Wildman–Crippen MR) is 41.8 cm³/mol. The molecule has 0 aromatic rings. The van der Waals surface area contributed by atoms with Crippen molar-refractivity contribution in [2.45, 2.75) is 37.8 Å². The number of nitrogens with two attached hydrogens (primary N) is 1. The molecule has 2 fully saturated rings. The number of nitrogens with zero attached hydrogens (tertiary/aromatic N) is 1. The summed E-state index contributed by atoms with van der Waals surface area (Å²) in [5, 5.41) is 0. The van der Waals surface area contributed by atoms with E-state index in [4.69, 9.17) is 5.73 Å². The highest BCUT2D eigenvalue weighted by molar-refractivity contribution is 4.91. The molecule has 2 rings (SSSR count). The molecule has 2 unspecified atom stereocenters. The summed E-state index contributed by atoms with van der Waals surface area (Å²) in [6.45, 7) is 2.56. The van der Waals surface area contributed by atoms with Crippen molar-refractivity contribution < 1.29 is 0 Å². The minimum absolute atomic E-state index is 0.486. The molecule has 2 heterocycles. The molecule has 0 bridgehead atoms. The first-order valence-corrected chi connectivity index (χ1v) is 4.37. The third-order valence-electron chi connectivity index (χ3n) is 2.91. The number of hydrogen-bond acceptors (Lipinski definition) is 2. The molecule has 2 atom stereocenters. The van der Waals surface area contributed by atoms with E-state index in [9.17, 15) is 0 Å². The van der Waals surface area contributed by atoms with Crippen LogP contribution in [0.3, 0.4) is 0 Å². The molecule has 2 nitrogen and oxygen atoms in total. The average Bonchev–Trinajstić information content (AvgIpc) is 2.34. The maximum atomic E-state index is 5.95. The summed E-state index contributed by atoms with van der Waals surface area (Å²) in [6.07, 6.45) is 5.36. The van der Waals surface area contributed by atoms with Crippen LogP contribution in [0.1, 0.15) is 25.7 Å². The zero-order valence-electron chi connectivity index (χ0n) is 6.42. The third kappa shape index (κ3) is 0.956. The molecule has 2 aliphatic heterocycles. The Kier molecular flexibility index (Phi) is 1.66. The highest BCUT2D eigenvalue weighted by Crippen LogP contribution is 2.25. The molecular weight excluding hydrogens is 124 g/mol. The molecule has 0 spiro atoms. The van der Waals surface area contributed by atoms with Crippen LogP contribution in [0.2, 0.25) is 0 Å². The topological polar surface area (TPSA) is 29.3 Å². The van der Waals surface area contributed by atoms with E-state index in [1.807, 2.05) is 0 Å². The van der Waals surface area contributed by atoms with Crippen molar-refractivity contribution in [1.29, 1.82) is 0 Å². The third-order valence-corrected chi connectivity index (χ3v) is 2.91. The van der Waals surface area contributed by atoms with E-state index in [-0.39, 0.29) is 0 Å². The van der Waals surface area contributed by atoms with Crippen molar-refractivity contribution in [2.24, 2.45) is 5.73 Å². The Morgan fingerprint density at radius 3 is 2.80 bits per heavy atom. The minimum atomic E-state index is 0.486. The molecule has 0 aromatic heterocycles. The normalized spacial score (nSPS) is 41.7. The van der Waals surface area contributed by atoms with Crippen LogP contribution in [-0.2, 0) is 0 Å². The van der Waals surface area contributed by atoms with Crippen LogP contribution in [0.25, 0.3) is 0 Å². The molecule has 2 N–H and O–H groups in total. The molecule has 0 aromatic carbocycles. The summed E-state index contributed by atoms with van der Waals surface area (Å²) >= 11 is 0. The fraction of sp³-hybridized carbons (Fsp3) is 1.00. The Balaban J connectivity index is 2.01. The van der Waals surface area contributed by atoms with Gasteiger partial charge in [-0.15, -0.1) is 0 Å². The number of rotatable bonds is 0. The molecule has 10 heavy (non-hydrogen) atoms. The molecule has 0 saturated carbocycles. The average molecular weight is 140 g/mol. The summed E-state index contributed by atoms with van der Waals surface area (Å²) in [5.41, 5.74) is 5.95. The zero-order valence-corrected chi connectivity index (χ0v) is 6.42. The van der Waals surface area contributed by atoms with E-state index < -0.39 is 0 Å². The molecule has 0 radical (unpaired) electrons. The van der Waals surface area contributed by atoms with Crippen molar-refractivity contribution in [3.05, 3.63) is 0 Å². The number of piperidine rings is 1. The second kappa shape index (κ2) is 2.51. The fourth-order valence-corrected chi connectivity index (χ4v) is 2.29. The first-order chi connectivity index (χ1) is 4.88. The van der Waals surface area contributed by atoms with Gasteiger partial charge in [-0.2, -0.15) is 0 Å². The predicted octanol–water partition coefficient (Wildman–Crippen LogP) is 0.572. The Labute approximate surface area is 62.4 Å². The van der Waals surface area contributed by atoms with E-state index in [0.717, 1.165) is 6.04 Å². The number of fused-ring (bicyclic) bond motifs is 1. The first kappa shape index (κ1) is 6.62. The van der Waals surface area contributed by atoms with E-state index in [1.54, 1.807) is 0 Å². The lowest BCUT2D eigenvalue weighted by Gasteiger charge is -2.30. The SMILES string of the molecule is NC1CCN2CCCCC12. The Morgan fingerprint density at radius 2 is 2.00 bits per heavy atom. The van der Waals surface area contributed by atoms with E-state index in [2.05, 4.69) is 4.90 Å². The molecule has 0 amide bonds. The summed E-state index contributed by atoms with van der Waals surface area (Å²) in [5.74, 6) is 0. The monoisotopic (exact) mass is 140 g/mol. The van der Waals surface area contributed by atoms with Gasteiger partial charge >= 0.3 is 0 Å². The molecule has 58 valence electrons. The van der Waals surface area contributed by atoms with E-state index in [1.165, 1.54) is 38.8 Å². The lowest BCUT2D eigenvalue weighted by Crippen LogP contribution is -2.42. The van der Waals surface area contributed by atoms with Crippen molar-refractivity contribution in [3.8, 4) is 0 Å². The minimum Gasteiger partial charge on any atom is -0.326 e. The van der Waals surface area contributed by atoms with Crippen molar-refractivity contribution in [1.82, 2.24) is 4.90 Å². The van der Waals surface area contributed by atoms with Crippen LogP contribution in [0.5, 0.6) is 0 Å². The van der Waals surface area contributed by atoms with Gasteiger partial charge in [-0.1, -0.05) is 6.42 Å². The highest BCUT2D eigenvalue weighted by Gasteiger charge is 2.32. The fourth-order valence-electron chi connectivity index (χ4n) is 2.29. The maximum absolute atomic E-state index is 5.95. The molecular formula is C8H16N2. The summed E-state index contributed by atoms with van der Waals surface area (Å²) in [4.78, 5) is 2.56. The van der Waals surface area contributed by atoms with Crippen LogP contribution in [-0.4, -0.2) is 30.1 Å². The van der Waals surface area contributed by atoms with Gasteiger partial charge in [0.2, 0.25) is 0 Å². The van der Waals surface area contributed by atoms with Crippen molar-refractivity contribution in [3.63, 3.8) is 0 Å². The Bertz CT molecular complexity index is 122.